The van der Waals surface area contributed by atoms with Crippen molar-refractivity contribution in [2.24, 2.45) is 0 Å². The van der Waals surface area contributed by atoms with Crippen LogP contribution in [0.5, 0.6) is 0 Å². The molecular weight excluding hydrogens is 265 g/mol. The Kier molecular flexibility index (Phi) is 5.44. The van der Waals surface area contributed by atoms with Crippen molar-refractivity contribution in [1.82, 2.24) is 4.90 Å². The van der Waals surface area contributed by atoms with Crippen molar-refractivity contribution in [3.8, 4) is 0 Å². The Bertz CT molecular complexity index is 288. The van der Waals surface area contributed by atoms with Crippen molar-refractivity contribution in [3.63, 3.8) is 0 Å². The van der Waals surface area contributed by atoms with E-state index in [1.54, 1.807) is 6.92 Å². The summed E-state index contributed by atoms with van der Waals surface area (Å²) in [6.45, 7) is 1.70. The summed E-state index contributed by atoms with van der Waals surface area (Å²) < 4.78 is 11.1. The Hall–Kier alpha value is 0.360. The van der Waals surface area contributed by atoms with Crippen LogP contribution in [0.15, 0.2) is 0 Å². The third-order valence-electron chi connectivity index (χ3n) is 3.24. The zero-order chi connectivity index (χ0) is 13.1. The average molecular weight is 286 g/mol. The number of hydrogen-bond acceptors (Lipinski definition) is 3. The summed E-state index contributed by atoms with van der Waals surface area (Å²) in [7, 11) is -4.22. The van der Waals surface area contributed by atoms with Crippen molar-refractivity contribution in [3.05, 3.63) is 0 Å². The fraction of sp³-hybridized carbons (Fsp3) is 1.00. The molecule has 17 heavy (non-hydrogen) atoms. The highest BCUT2D eigenvalue weighted by Crippen LogP contribution is 2.41. The summed E-state index contributed by atoms with van der Waals surface area (Å²) in [5.41, 5.74) is 0. The lowest BCUT2D eigenvalue weighted by Crippen LogP contribution is -2.50. The molecule has 1 rings (SSSR count). The monoisotopic (exact) mass is 285 g/mol. The molecule has 0 aliphatic heterocycles. The lowest BCUT2D eigenvalue weighted by molar-refractivity contribution is -0.0636. The van der Waals surface area contributed by atoms with Crippen molar-refractivity contribution >= 4 is 19.2 Å². The fourth-order valence-corrected chi connectivity index (χ4v) is 3.44. The Labute approximate surface area is 107 Å². The smallest absolute Gasteiger partial charge is 0.339 e. The molecule has 102 valence electrons. The van der Waals surface area contributed by atoms with Gasteiger partial charge in [-0.15, -0.1) is 0 Å². The van der Waals surface area contributed by atoms with E-state index in [9.17, 15) is 9.67 Å². The Morgan fingerprint density at radius 3 is 2.29 bits per heavy atom. The van der Waals surface area contributed by atoms with Gasteiger partial charge >= 0.3 is 7.60 Å². The molecule has 1 fully saturated rings. The first-order chi connectivity index (χ1) is 7.76. The van der Waals surface area contributed by atoms with Crippen LogP contribution in [0.1, 0.15) is 45.4 Å². The molecule has 5 nitrogen and oxygen atoms in total. The third kappa shape index (κ3) is 4.86. The molecule has 0 radical (unpaired) electrons. The van der Waals surface area contributed by atoms with Crippen molar-refractivity contribution < 1.29 is 19.5 Å². The molecule has 1 saturated carbocycles. The van der Waals surface area contributed by atoms with Crippen LogP contribution in [-0.2, 0) is 4.57 Å². The van der Waals surface area contributed by atoms with Gasteiger partial charge in [-0.2, -0.15) is 0 Å². The highest BCUT2D eigenvalue weighted by molar-refractivity contribution is 7.51. The Morgan fingerprint density at radius 2 is 1.88 bits per heavy atom. The number of alkyl halides is 1. The quantitative estimate of drug-likeness (QED) is 0.312. The lowest BCUT2D eigenvalue weighted by atomic mass is 9.94. The maximum absolute atomic E-state index is 11.1. The van der Waals surface area contributed by atoms with Crippen molar-refractivity contribution in [2.75, 3.05) is 6.29 Å². The molecule has 0 aromatic carbocycles. The zero-order valence-electron chi connectivity index (χ0n) is 10.0. The number of aliphatic hydroxyl groups is 1. The molecule has 0 spiro atoms. The van der Waals surface area contributed by atoms with Crippen molar-refractivity contribution in [2.45, 2.75) is 56.7 Å². The predicted molar refractivity (Wildman–Crippen MR) is 66.7 cm³/mol. The largest absolute Gasteiger partial charge is 0.363 e. The average Bonchev–Trinajstić information content (AvgIpc) is 2.26. The van der Waals surface area contributed by atoms with Crippen LogP contribution in [0.3, 0.4) is 0 Å². The maximum atomic E-state index is 11.1. The predicted octanol–water partition coefficient (Wildman–Crippen LogP) is 2.05. The Balaban J connectivity index is 2.81. The van der Waals surface area contributed by atoms with Crippen LogP contribution in [0.4, 0.5) is 0 Å². The summed E-state index contributed by atoms with van der Waals surface area (Å²) in [5, 5.41) is 8.38. The van der Waals surface area contributed by atoms with Crippen LogP contribution in [0.25, 0.3) is 0 Å². The van der Waals surface area contributed by atoms with Crippen molar-refractivity contribution in [1.29, 1.82) is 0 Å². The first kappa shape index (κ1) is 15.4. The highest BCUT2D eigenvalue weighted by atomic mass is 35.5. The molecule has 0 aromatic rings. The van der Waals surface area contributed by atoms with Crippen LogP contribution >= 0.6 is 19.2 Å². The van der Waals surface area contributed by atoms with Crippen LogP contribution in [-0.4, -0.2) is 37.3 Å². The molecule has 0 aromatic heterocycles. The van der Waals surface area contributed by atoms with E-state index in [0.717, 1.165) is 32.1 Å². The van der Waals surface area contributed by atoms with Gasteiger partial charge < -0.3 is 14.9 Å². The normalized spacial score (nSPS) is 22.7. The van der Waals surface area contributed by atoms with Gasteiger partial charge in [-0.05, 0) is 12.8 Å². The molecule has 0 saturated heterocycles. The van der Waals surface area contributed by atoms with Crippen LogP contribution < -0.4 is 0 Å². The summed E-state index contributed by atoms with van der Waals surface area (Å²) in [5.74, 6) is 0. The summed E-state index contributed by atoms with van der Waals surface area (Å²) in [6.07, 6.45) is 4.56. The third-order valence-corrected chi connectivity index (χ3v) is 4.40. The van der Waals surface area contributed by atoms with Gasteiger partial charge in [0, 0.05) is 12.5 Å². The van der Waals surface area contributed by atoms with Crippen LogP contribution in [0, 0.1) is 0 Å². The second-order valence-electron chi connectivity index (χ2n) is 4.64. The van der Waals surface area contributed by atoms with E-state index in [1.165, 1.54) is 4.90 Å². The molecule has 1 atom stereocenters. The maximum Gasteiger partial charge on any atom is 0.339 e. The number of rotatable bonds is 5. The molecule has 7 heteroatoms. The summed E-state index contributed by atoms with van der Waals surface area (Å²) in [4.78, 5) is 19.5. The van der Waals surface area contributed by atoms with E-state index >= 15 is 0 Å². The standard InChI is InChI=1S/C10H21ClNO4P/c1-2-10(11,13)12(8-17(14,15)16)9-6-4-3-5-7-9/h9,13H,2-8H2,1H3,(H2,14,15,16). The van der Waals surface area contributed by atoms with Gasteiger partial charge in [0.1, 0.15) is 6.29 Å². The molecule has 0 amide bonds. The van der Waals surface area contributed by atoms with Gasteiger partial charge in [-0.3, -0.25) is 4.57 Å². The van der Waals surface area contributed by atoms with Gasteiger partial charge in [0.25, 0.3) is 0 Å². The van der Waals surface area contributed by atoms with Gasteiger partial charge in [0.15, 0.2) is 5.18 Å². The number of hydrogen-bond donors (Lipinski definition) is 3. The minimum Gasteiger partial charge on any atom is -0.363 e. The second kappa shape index (κ2) is 6.00. The van der Waals surface area contributed by atoms with Gasteiger partial charge in [-0.25, -0.2) is 4.90 Å². The van der Waals surface area contributed by atoms with E-state index in [0.29, 0.717) is 0 Å². The molecule has 3 N–H and O–H groups in total. The first-order valence-electron chi connectivity index (χ1n) is 5.99. The minimum absolute atomic E-state index is 0.0428. The molecule has 1 aliphatic carbocycles. The van der Waals surface area contributed by atoms with E-state index < -0.39 is 19.1 Å². The fourth-order valence-electron chi connectivity index (χ4n) is 2.30. The van der Waals surface area contributed by atoms with Gasteiger partial charge in [0.05, 0.1) is 0 Å². The highest BCUT2D eigenvalue weighted by Gasteiger charge is 2.39. The summed E-state index contributed by atoms with van der Waals surface area (Å²) in [6, 6.07) is -0.0428. The zero-order valence-corrected chi connectivity index (χ0v) is 11.7. The van der Waals surface area contributed by atoms with E-state index in [2.05, 4.69) is 0 Å². The van der Waals surface area contributed by atoms with Gasteiger partial charge in [-0.1, -0.05) is 37.8 Å². The minimum atomic E-state index is -4.22. The molecule has 0 bridgehead atoms. The molecular formula is C10H21ClNO4P. The van der Waals surface area contributed by atoms with Gasteiger partial charge in [0.2, 0.25) is 0 Å². The summed E-state index contributed by atoms with van der Waals surface area (Å²) >= 11 is 5.96. The number of halogens is 1. The SMILES string of the molecule is CCC(O)(Cl)N(CP(=O)(O)O)C1CCCCC1. The van der Waals surface area contributed by atoms with E-state index in [4.69, 9.17) is 21.4 Å². The molecule has 1 aliphatic rings. The Morgan fingerprint density at radius 1 is 1.35 bits per heavy atom. The lowest BCUT2D eigenvalue weighted by Gasteiger charge is -2.41. The molecule has 1 unspecified atom stereocenters. The molecule has 0 heterocycles. The topological polar surface area (TPSA) is 81.0 Å². The first-order valence-corrected chi connectivity index (χ1v) is 8.16. The van der Waals surface area contributed by atoms with Crippen LogP contribution in [0.2, 0.25) is 0 Å². The van der Waals surface area contributed by atoms with E-state index in [-0.39, 0.29) is 12.5 Å². The van der Waals surface area contributed by atoms with E-state index in [1.807, 2.05) is 0 Å². The number of nitrogens with zero attached hydrogens (tertiary/aromatic N) is 1. The second-order valence-corrected chi connectivity index (χ2v) is 6.86.